The van der Waals surface area contributed by atoms with Crippen molar-refractivity contribution in [3.05, 3.63) is 0 Å². The Morgan fingerprint density at radius 3 is 1.05 bits per heavy atom. The molecular weight excluding hydrogens is 298 g/mol. The summed E-state index contributed by atoms with van der Waals surface area (Å²) in [6.45, 7) is 0. The Balaban J connectivity index is -0.000000361. The van der Waals surface area contributed by atoms with E-state index in [0.29, 0.717) is 0 Å². The molecule has 0 spiro atoms. The highest BCUT2D eigenvalue weighted by molar-refractivity contribution is 5.90. The SMILES string of the molecule is NC(N)=O.O=C(OC(=O)C(F)(F)F)C(F)(F)F.OO. The number of ether oxygens (including phenoxy) is 1. The zero-order valence-corrected chi connectivity index (χ0v) is 8.45. The maximum atomic E-state index is 11.2. The summed E-state index contributed by atoms with van der Waals surface area (Å²) in [6.07, 6.45) is -11.2. The van der Waals surface area contributed by atoms with E-state index in [1.54, 1.807) is 0 Å². The first kappa shape index (κ1) is 22.1. The molecule has 0 radical (unpaired) electrons. The maximum Gasteiger partial charge on any atom is 0.491 e. The molecule has 0 fully saturated rings. The molecule has 0 aliphatic carbocycles. The van der Waals surface area contributed by atoms with Crippen molar-refractivity contribution in [2.75, 3.05) is 0 Å². The smallest absolute Gasteiger partial charge is 0.380 e. The quantitative estimate of drug-likeness (QED) is 0.165. The van der Waals surface area contributed by atoms with Crippen LogP contribution in [0.5, 0.6) is 0 Å². The molecule has 0 aromatic rings. The summed E-state index contributed by atoms with van der Waals surface area (Å²) in [5, 5.41) is 12.0. The second-order valence-corrected chi connectivity index (χ2v) is 2.07. The van der Waals surface area contributed by atoms with Crippen LogP contribution < -0.4 is 11.5 Å². The summed E-state index contributed by atoms with van der Waals surface area (Å²) in [4.78, 5) is 28.3. The molecule has 0 aromatic heterocycles. The molecule has 0 atom stereocenters. The fourth-order valence-electron chi connectivity index (χ4n) is 0.200. The second kappa shape index (κ2) is 8.92. The molecule has 8 nitrogen and oxygen atoms in total. The number of amides is 2. The molecule has 114 valence electrons. The van der Waals surface area contributed by atoms with E-state index in [-0.39, 0.29) is 0 Å². The normalized spacial score (nSPS) is 10.1. The van der Waals surface area contributed by atoms with Gasteiger partial charge >= 0.3 is 30.3 Å². The van der Waals surface area contributed by atoms with Crippen LogP contribution in [0, 0.1) is 0 Å². The Bertz CT molecular complexity index is 284. The first-order valence-corrected chi connectivity index (χ1v) is 3.43. The number of rotatable bonds is 0. The third kappa shape index (κ3) is 15.9. The maximum absolute atomic E-state index is 11.2. The van der Waals surface area contributed by atoms with E-state index in [4.69, 9.17) is 15.3 Å². The molecule has 0 bridgehead atoms. The number of alkyl halides is 6. The highest BCUT2D eigenvalue weighted by Crippen LogP contribution is 2.21. The first-order valence-electron chi connectivity index (χ1n) is 3.43. The van der Waals surface area contributed by atoms with Gasteiger partial charge in [-0.2, -0.15) is 26.3 Å². The van der Waals surface area contributed by atoms with E-state index in [9.17, 15) is 35.9 Å². The van der Waals surface area contributed by atoms with Gasteiger partial charge in [-0.05, 0) is 0 Å². The Labute approximate surface area is 99.0 Å². The lowest BCUT2D eigenvalue weighted by molar-refractivity contribution is -0.221. The molecule has 6 N–H and O–H groups in total. The molecule has 0 aromatic carbocycles. The zero-order valence-electron chi connectivity index (χ0n) is 8.45. The minimum absolute atomic E-state index is 0.833. The standard InChI is InChI=1S/C4F6O3.CH4N2O.H2O2/c5-3(6,7)1(11)13-2(12)4(8,9)10;2-1(3)4;1-2/h;(H4,2,3,4);1-2H. The van der Waals surface area contributed by atoms with Gasteiger partial charge in [0.25, 0.3) is 0 Å². The molecule has 0 unspecified atom stereocenters. The van der Waals surface area contributed by atoms with Crippen LogP contribution in [0.3, 0.4) is 0 Å². The van der Waals surface area contributed by atoms with Gasteiger partial charge in [0.05, 0.1) is 0 Å². The number of hydrogen-bond donors (Lipinski definition) is 4. The molecule has 2 amide bonds. The largest absolute Gasteiger partial charge is 0.491 e. The highest BCUT2D eigenvalue weighted by atomic mass is 19.4. The number of halogens is 6. The predicted molar refractivity (Wildman–Crippen MR) is 42.2 cm³/mol. The molecule has 0 saturated carbocycles. The van der Waals surface area contributed by atoms with Crippen molar-refractivity contribution in [2.45, 2.75) is 12.4 Å². The van der Waals surface area contributed by atoms with Gasteiger partial charge in [-0.1, -0.05) is 0 Å². The summed E-state index contributed by atoms with van der Waals surface area (Å²) in [5.41, 5.74) is 8.50. The fourth-order valence-corrected chi connectivity index (χ4v) is 0.200. The number of urea groups is 1. The Kier molecular flexibility index (Phi) is 10.4. The molecular formula is C5H6F6N2O6. The summed E-state index contributed by atoms with van der Waals surface area (Å²) in [6, 6.07) is -0.833. The van der Waals surface area contributed by atoms with Crippen molar-refractivity contribution >= 4 is 18.0 Å². The van der Waals surface area contributed by atoms with Gasteiger partial charge in [0.2, 0.25) is 0 Å². The molecule has 0 saturated heterocycles. The lowest BCUT2D eigenvalue weighted by atomic mass is 10.6. The summed E-state index contributed by atoms with van der Waals surface area (Å²) < 4.78 is 69.7. The van der Waals surface area contributed by atoms with E-state index in [0.717, 1.165) is 0 Å². The third-order valence-electron chi connectivity index (χ3n) is 0.648. The molecule has 19 heavy (non-hydrogen) atoms. The number of carbonyl (C=O) groups excluding carboxylic acids is 3. The van der Waals surface area contributed by atoms with E-state index in [1.807, 2.05) is 0 Å². The number of hydrogen-bond acceptors (Lipinski definition) is 6. The molecule has 0 heterocycles. The Hall–Kier alpha value is -2.09. The van der Waals surface area contributed by atoms with Crippen LogP contribution in [-0.2, 0) is 14.3 Å². The van der Waals surface area contributed by atoms with Gasteiger partial charge in [0.15, 0.2) is 0 Å². The average Bonchev–Trinajstić information content (AvgIpc) is 2.16. The van der Waals surface area contributed by atoms with Crippen LogP contribution in [0.15, 0.2) is 0 Å². The average molecular weight is 304 g/mol. The minimum atomic E-state index is -5.62. The van der Waals surface area contributed by atoms with Crippen LogP contribution in [-0.4, -0.2) is 40.8 Å². The fraction of sp³-hybridized carbons (Fsp3) is 0.400. The Morgan fingerprint density at radius 2 is 0.947 bits per heavy atom. The number of nitrogens with two attached hydrogens (primary N) is 2. The lowest BCUT2D eigenvalue weighted by Crippen LogP contribution is -2.34. The summed E-state index contributed by atoms with van der Waals surface area (Å²) in [7, 11) is 0. The highest BCUT2D eigenvalue weighted by Gasteiger charge is 2.49. The third-order valence-corrected chi connectivity index (χ3v) is 0.648. The van der Waals surface area contributed by atoms with E-state index < -0.39 is 30.3 Å². The van der Waals surface area contributed by atoms with Crippen molar-refractivity contribution in [3.8, 4) is 0 Å². The number of esters is 2. The van der Waals surface area contributed by atoms with E-state index in [2.05, 4.69) is 16.2 Å². The lowest BCUT2D eigenvalue weighted by Gasteiger charge is -2.06. The van der Waals surface area contributed by atoms with Crippen LogP contribution >= 0.6 is 0 Å². The van der Waals surface area contributed by atoms with Crippen LogP contribution in [0.4, 0.5) is 31.1 Å². The first-order chi connectivity index (χ1) is 8.28. The van der Waals surface area contributed by atoms with Gasteiger partial charge in [-0.3, -0.25) is 10.5 Å². The predicted octanol–water partition coefficient (Wildman–Crippen LogP) is 0.222. The summed E-state index contributed by atoms with van der Waals surface area (Å²) >= 11 is 0. The van der Waals surface area contributed by atoms with Gasteiger partial charge in [-0.15, -0.1) is 0 Å². The monoisotopic (exact) mass is 304 g/mol. The number of carbonyl (C=O) groups is 3. The van der Waals surface area contributed by atoms with Gasteiger partial charge in [0.1, 0.15) is 0 Å². The van der Waals surface area contributed by atoms with Crippen molar-refractivity contribution in [1.82, 2.24) is 0 Å². The van der Waals surface area contributed by atoms with Crippen LogP contribution in [0.2, 0.25) is 0 Å². The van der Waals surface area contributed by atoms with E-state index >= 15 is 0 Å². The molecule has 0 aliphatic heterocycles. The second-order valence-electron chi connectivity index (χ2n) is 2.07. The van der Waals surface area contributed by atoms with Gasteiger partial charge in [-0.25, -0.2) is 14.4 Å². The van der Waals surface area contributed by atoms with Crippen molar-refractivity contribution in [3.63, 3.8) is 0 Å². The summed E-state index contributed by atoms with van der Waals surface area (Å²) in [5.74, 6) is -6.40. The van der Waals surface area contributed by atoms with Gasteiger partial charge < -0.3 is 16.2 Å². The molecule has 14 heteroatoms. The van der Waals surface area contributed by atoms with Crippen molar-refractivity contribution < 1.29 is 56.0 Å². The van der Waals surface area contributed by atoms with Gasteiger partial charge in [0, 0.05) is 0 Å². The van der Waals surface area contributed by atoms with E-state index in [1.165, 1.54) is 0 Å². The Morgan fingerprint density at radius 1 is 0.789 bits per heavy atom. The van der Waals surface area contributed by atoms with Crippen LogP contribution in [0.25, 0.3) is 0 Å². The molecule has 0 rings (SSSR count). The number of primary amides is 2. The topological polar surface area (TPSA) is 153 Å². The van der Waals surface area contributed by atoms with Crippen molar-refractivity contribution in [2.24, 2.45) is 11.5 Å². The minimum Gasteiger partial charge on any atom is -0.380 e. The molecule has 0 aliphatic rings. The zero-order chi connectivity index (χ0) is 16.4. The van der Waals surface area contributed by atoms with Crippen LogP contribution in [0.1, 0.15) is 0 Å². The van der Waals surface area contributed by atoms with Crippen molar-refractivity contribution in [1.29, 1.82) is 0 Å².